The molecule has 16 heavy (non-hydrogen) atoms. The number of nitrogens with zero attached hydrogens (tertiary/aromatic N) is 2. The van der Waals surface area contributed by atoms with E-state index in [4.69, 9.17) is 0 Å². The number of aromatic nitrogens is 1. The van der Waals surface area contributed by atoms with Crippen molar-refractivity contribution in [2.45, 2.75) is 6.30 Å². The molecule has 0 aromatic carbocycles. The van der Waals surface area contributed by atoms with E-state index in [1.54, 1.807) is 0 Å². The predicted octanol–water partition coefficient (Wildman–Crippen LogP) is 2.23. The van der Waals surface area contributed by atoms with Gasteiger partial charge in [-0.2, -0.15) is 0 Å². The van der Waals surface area contributed by atoms with Gasteiger partial charge in [0.05, 0.1) is 5.56 Å². The fourth-order valence-corrected chi connectivity index (χ4v) is 1.08. The van der Waals surface area contributed by atoms with Crippen molar-refractivity contribution in [3.63, 3.8) is 0 Å². The van der Waals surface area contributed by atoms with Gasteiger partial charge >= 0.3 is 6.30 Å². The van der Waals surface area contributed by atoms with Gasteiger partial charge in [-0.05, 0) is 12.1 Å². The first-order valence-corrected chi connectivity index (χ1v) is 4.36. The van der Waals surface area contributed by atoms with Crippen LogP contribution in [0, 0.1) is 0 Å². The quantitative estimate of drug-likeness (QED) is 0.589. The topological polar surface area (TPSA) is 33.2 Å². The summed E-state index contributed by atoms with van der Waals surface area (Å²) in [4.78, 5) is 14.9. The van der Waals surface area contributed by atoms with Crippen LogP contribution in [0.25, 0.3) is 0 Å². The first-order chi connectivity index (χ1) is 7.46. The first kappa shape index (κ1) is 12.2. The maximum absolute atomic E-state index is 12.5. The molecule has 1 heterocycles. The molecule has 0 aliphatic rings. The molecule has 0 atom stereocenters. The van der Waals surface area contributed by atoms with Crippen LogP contribution in [0.4, 0.5) is 13.2 Å². The summed E-state index contributed by atoms with van der Waals surface area (Å²) in [7, 11) is 0. The molecular formula is C10H9F3N2O. The summed E-state index contributed by atoms with van der Waals surface area (Å²) in [5.74, 6) is -1.14. The molecule has 0 fully saturated rings. The summed E-state index contributed by atoms with van der Waals surface area (Å²) >= 11 is 0. The molecule has 0 spiro atoms. The molecule has 0 radical (unpaired) electrons. The third kappa shape index (κ3) is 2.82. The van der Waals surface area contributed by atoms with Gasteiger partial charge in [0.15, 0.2) is 0 Å². The molecule has 0 N–H and O–H groups in total. The van der Waals surface area contributed by atoms with Crippen LogP contribution >= 0.6 is 0 Å². The van der Waals surface area contributed by atoms with E-state index in [0.717, 1.165) is 12.3 Å². The van der Waals surface area contributed by atoms with Crippen molar-refractivity contribution < 1.29 is 18.0 Å². The van der Waals surface area contributed by atoms with E-state index >= 15 is 0 Å². The van der Waals surface area contributed by atoms with Crippen molar-refractivity contribution in [3.8, 4) is 0 Å². The minimum absolute atomic E-state index is 0.110. The number of amides is 1. The highest BCUT2D eigenvalue weighted by Crippen LogP contribution is 2.23. The van der Waals surface area contributed by atoms with Gasteiger partial charge in [0.2, 0.25) is 0 Å². The number of carbonyl (C=O) groups excluding carboxylic acids is 1. The average Bonchev–Trinajstić information content (AvgIpc) is 2.25. The summed E-state index contributed by atoms with van der Waals surface area (Å²) in [6.45, 7) is 2.59. The van der Waals surface area contributed by atoms with Gasteiger partial charge in [-0.3, -0.25) is 9.78 Å². The van der Waals surface area contributed by atoms with E-state index in [-0.39, 0.29) is 10.5 Å². The third-order valence-corrected chi connectivity index (χ3v) is 1.77. The second-order valence-electron chi connectivity index (χ2n) is 2.91. The molecule has 6 heteroatoms. The van der Waals surface area contributed by atoms with Crippen LogP contribution < -0.4 is 0 Å². The summed E-state index contributed by atoms with van der Waals surface area (Å²) in [5.41, 5.74) is -0.110. The lowest BCUT2D eigenvalue weighted by Crippen LogP contribution is -2.42. The number of alkyl halides is 3. The van der Waals surface area contributed by atoms with Crippen molar-refractivity contribution in [3.05, 3.63) is 42.7 Å². The minimum Gasteiger partial charge on any atom is -0.269 e. The van der Waals surface area contributed by atoms with Gasteiger partial charge < -0.3 is 0 Å². The van der Waals surface area contributed by atoms with E-state index in [1.807, 2.05) is 0 Å². The van der Waals surface area contributed by atoms with Crippen molar-refractivity contribution in [2.24, 2.45) is 0 Å². The minimum atomic E-state index is -4.72. The molecule has 0 saturated heterocycles. The van der Waals surface area contributed by atoms with Gasteiger partial charge in [0.1, 0.15) is 0 Å². The molecule has 1 rings (SSSR count). The monoisotopic (exact) mass is 230 g/mol. The van der Waals surface area contributed by atoms with Crippen LogP contribution in [-0.2, 0) is 0 Å². The van der Waals surface area contributed by atoms with Gasteiger partial charge in [-0.25, -0.2) is 4.90 Å². The number of hydrogen-bond acceptors (Lipinski definition) is 2. The Morgan fingerprint density at radius 1 is 1.56 bits per heavy atom. The van der Waals surface area contributed by atoms with Gasteiger partial charge in [-0.1, -0.05) is 6.08 Å². The Kier molecular flexibility index (Phi) is 3.65. The zero-order valence-corrected chi connectivity index (χ0v) is 8.24. The average molecular weight is 230 g/mol. The van der Waals surface area contributed by atoms with Crippen LogP contribution in [0.1, 0.15) is 10.4 Å². The normalized spacial score (nSPS) is 10.9. The summed E-state index contributed by atoms with van der Waals surface area (Å²) in [6, 6.07) is 2.67. The molecule has 1 aromatic rings. The van der Waals surface area contributed by atoms with Crippen LogP contribution in [-0.4, -0.2) is 28.6 Å². The van der Waals surface area contributed by atoms with E-state index in [9.17, 15) is 18.0 Å². The van der Waals surface area contributed by atoms with Gasteiger partial charge in [0.25, 0.3) is 5.91 Å². The lowest BCUT2D eigenvalue weighted by molar-refractivity contribution is -0.221. The molecule has 0 aliphatic heterocycles. The highest BCUT2D eigenvalue weighted by atomic mass is 19.4. The van der Waals surface area contributed by atoms with E-state index < -0.39 is 18.8 Å². The molecule has 0 saturated carbocycles. The van der Waals surface area contributed by atoms with Crippen LogP contribution in [0.2, 0.25) is 0 Å². The fourth-order valence-electron chi connectivity index (χ4n) is 1.08. The van der Waals surface area contributed by atoms with Crippen LogP contribution in [0.5, 0.6) is 0 Å². The highest BCUT2D eigenvalue weighted by molar-refractivity contribution is 5.94. The fraction of sp³-hybridized carbons (Fsp3) is 0.200. The highest BCUT2D eigenvalue weighted by Gasteiger charge is 2.40. The number of halogens is 3. The Morgan fingerprint density at radius 2 is 2.25 bits per heavy atom. The Labute approximate surface area is 90.2 Å². The number of carbonyl (C=O) groups is 1. The first-order valence-electron chi connectivity index (χ1n) is 4.36. The molecule has 1 amide bonds. The molecule has 0 bridgehead atoms. The Balaban J connectivity index is 2.97. The zero-order chi connectivity index (χ0) is 12.2. The lowest BCUT2D eigenvalue weighted by atomic mass is 10.2. The SMILES string of the molecule is C=CCN(C(=O)c1cccnc1)C(F)(F)F. The standard InChI is InChI=1S/C10H9F3N2O/c1-2-6-15(10(11,12)13)9(16)8-4-3-5-14-7-8/h2-5,7H,1,6H2. The predicted molar refractivity (Wildman–Crippen MR) is 51.5 cm³/mol. The van der Waals surface area contributed by atoms with Crippen molar-refractivity contribution in [1.82, 2.24) is 9.88 Å². The molecular weight excluding hydrogens is 221 g/mol. The Morgan fingerprint density at radius 3 is 2.69 bits per heavy atom. The second kappa shape index (κ2) is 4.78. The molecule has 1 aromatic heterocycles. The Bertz CT molecular complexity index is 375. The summed E-state index contributed by atoms with van der Waals surface area (Å²) in [6.07, 6.45) is -1.24. The van der Waals surface area contributed by atoms with Gasteiger partial charge in [-0.15, -0.1) is 19.8 Å². The zero-order valence-electron chi connectivity index (χ0n) is 8.24. The van der Waals surface area contributed by atoms with Gasteiger partial charge in [0, 0.05) is 18.9 Å². The second-order valence-corrected chi connectivity index (χ2v) is 2.91. The molecule has 86 valence electrons. The summed E-state index contributed by atoms with van der Waals surface area (Å²) in [5, 5.41) is 0. The maximum atomic E-state index is 12.5. The van der Waals surface area contributed by atoms with Crippen molar-refractivity contribution >= 4 is 5.91 Å². The Hall–Kier alpha value is -1.85. The number of pyridine rings is 1. The third-order valence-electron chi connectivity index (χ3n) is 1.77. The summed E-state index contributed by atoms with van der Waals surface area (Å²) < 4.78 is 37.4. The van der Waals surface area contributed by atoms with Crippen molar-refractivity contribution in [2.75, 3.05) is 6.54 Å². The smallest absolute Gasteiger partial charge is 0.269 e. The van der Waals surface area contributed by atoms with Crippen LogP contribution in [0.3, 0.4) is 0 Å². The number of rotatable bonds is 3. The maximum Gasteiger partial charge on any atom is 0.487 e. The molecule has 3 nitrogen and oxygen atoms in total. The van der Waals surface area contributed by atoms with E-state index in [0.29, 0.717) is 0 Å². The number of hydrogen-bond donors (Lipinski definition) is 0. The largest absolute Gasteiger partial charge is 0.487 e. The van der Waals surface area contributed by atoms with E-state index in [1.165, 1.54) is 18.3 Å². The van der Waals surface area contributed by atoms with Crippen molar-refractivity contribution in [1.29, 1.82) is 0 Å². The van der Waals surface area contributed by atoms with Crippen LogP contribution in [0.15, 0.2) is 37.2 Å². The van der Waals surface area contributed by atoms with E-state index in [2.05, 4.69) is 11.6 Å². The lowest BCUT2D eigenvalue weighted by Gasteiger charge is -2.23. The molecule has 0 aliphatic carbocycles. The molecule has 0 unspecified atom stereocenters.